The standard InChI is InChI=1S/C26H26ClNO4/c1-6-15-14-18(31-21-12-7-16-13-17(27)8-11-20(16)28-21)9-10-19(15)22-23(29)25(2,3)32-26(4,5)24(22)30/h7-14,29H,6H2,1-5H3. The minimum Gasteiger partial charge on any atom is -0.508 e. The van der Waals surface area contributed by atoms with Crippen LogP contribution in [-0.4, -0.2) is 27.1 Å². The molecule has 0 spiro atoms. The zero-order valence-electron chi connectivity index (χ0n) is 18.8. The summed E-state index contributed by atoms with van der Waals surface area (Å²) < 4.78 is 11.9. The van der Waals surface area contributed by atoms with E-state index < -0.39 is 11.2 Å². The molecule has 1 aliphatic heterocycles. The number of Topliss-reactive ketones (excluding diaryl/α,β-unsaturated/α-hetero) is 1. The third-order valence-corrected chi connectivity index (χ3v) is 5.90. The number of hydrogen-bond donors (Lipinski definition) is 1. The molecule has 0 bridgehead atoms. The number of carbonyl (C=O) groups excluding carboxylic acids is 1. The number of aryl methyl sites for hydroxylation is 1. The van der Waals surface area contributed by atoms with E-state index in [1.807, 2.05) is 37.3 Å². The summed E-state index contributed by atoms with van der Waals surface area (Å²) in [6, 6.07) is 14.7. The zero-order valence-corrected chi connectivity index (χ0v) is 19.6. The van der Waals surface area contributed by atoms with Crippen LogP contribution in [0.2, 0.25) is 5.02 Å². The predicted molar refractivity (Wildman–Crippen MR) is 126 cm³/mol. The fraction of sp³-hybridized carbons (Fsp3) is 0.308. The molecule has 2 aromatic carbocycles. The second-order valence-electron chi connectivity index (χ2n) is 8.94. The predicted octanol–water partition coefficient (Wildman–Crippen LogP) is 6.67. The number of nitrogens with zero attached hydrogens (tertiary/aromatic N) is 1. The number of halogens is 1. The van der Waals surface area contributed by atoms with Crippen molar-refractivity contribution < 1.29 is 19.4 Å². The monoisotopic (exact) mass is 451 g/mol. The summed E-state index contributed by atoms with van der Waals surface area (Å²) in [7, 11) is 0. The Hall–Kier alpha value is -2.89. The van der Waals surface area contributed by atoms with Crippen LogP contribution in [0.1, 0.15) is 45.7 Å². The minimum absolute atomic E-state index is 0.0555. The molecule has 1 aromatic heterocycles. The quantitative estimate of drug-likeness (QED) is 0.479. The van der Waals surface area contributed by atoms with Crippen molar-refractivity contribution in [1.82, 2.24) is 4.98 Å². The van der Waals surface area contributed by atoms with Gasteiger partial charge < -0.3 is 14.6 Å². The van der Waals surface area contributed by atoms with E-state index in [-0.39, 0.29) is 11.5 Å². The van der Waals surface area contributed by atoms with Crippen LogP contribution in [0.4, 0.5) is 0 Å². The van der Waals surface area contributed by atoms with Gasteiger partial charge in [0, 0.05) is 16.5 Å². The minimum atomic E-state index is -1.04. The Morgan fingerprint density at radius 3 is 2.50 bits per heavy atom. The average molecular weight is 452 g/mol. The van der Waals surface area contributed by atoms with Gasteiger partial charge in [0.1, 0.15) is 22.7 Å². The lowest BCUT2D eigenvalue weighted by molar-refractivity contribution is -0.158. The molecule has 0 fully saturated rings. The molecule has 0 aliphatic carbocycles. The molecule has 1 aliphatic rings. The first-order chi connectivity index (χ1) is 15.0. The second kappa shape index (κ2) is 7.91. The van der Waals surface area contributed by atoms with Gasteiger partial charge in [0.25, 0.3) is 0 Å². The first-order valence-electron chi connectivity index (χ1n) is 10.6. The highest BCUT2D eigenvalue weighted by atomic mass is 35.5. The SMILES string of the molecule is CCc1cc(Oc2ccc3cc(Cl)ccc3n2)ccc1C1=C(O)C(C)(C)OC(C)(C)C1=O. The van der Waals surface area contributed by atoms with Gasteiger partial charge in [-0.05, 0) is 81.6 Å². The summed E-state index contributed by atoms with van der Waals surface area (Å²) in [5.41, 5.74) is 0.655. The molecule has 1 N–H and O–H groups in total. The fourth-order valence-corrected chi connectivity index (χ4v) is 4.30. The van der Waals surface area contributed by atoms with E-state index in [1.54, 1.807) is 45.9 Å². The molecule has 2 heterocycles. The van der Waals surface area contributed by atoms with E-state index in [2.05, 4.69) is 4.98 Å². The van der Waals surface area contributed by atoms with Crippen molar-refractivity contribution in [3.63, 3.8) is 0 Å². The van der Waals surface area contributed by atoms with Crippen molar-refractivity contribution in [2.75, 3.05) is 0 Å². The normalized spacial score (nSPS) is 17.6. The Kier molecular flexibility index (Phi) is 5.51. The van der Waals surface area contributed by atoms with E-state index in [0.29, 0.717) is 34.2 Å². The summed E-state index contributed by atoms with van der Waals surface area (Å²) in [5.74, 6) is 0.762. The lowest BCUT2D eigenvalue weighted by Gasteiger charge is -2.40. The Balaban J connectivity index is 1.72. The van der Waals surface area contributed by atoms with E-state index in [1.165, 1.54) is 0 Å². The topological polar surface area (TPSA) is 68.7 Å². The van der Waals surface area contributed by atoms with E-state index >= 15 is 0 Å². The van der Waals surface area contributed by atoms with Gasteiger partial charge in [0.15, 0.2) is 5.78 Å². The Labute approximate surface area is 192 Å². The molecule has 3 aromatic rings. The summed E-state index contributed by atoms with van der Waals surface area (Å²) in [5, 5.41) is 12.5. The van der Waals surface area contributed by atoms with Gasteiger partial charge in [-0.3, -0.25) is 4.79 Å². The molecule has 0 unspecified atom stereocenters. The Bertz CT molecular complexity index is 1260. The highest BCUT2D eigenvalue weighted by molar-refractivity contribution is 6.31. The number of aliphatic hydroxyl groups excluding tert-OH is 1. The molecular formula is C26H26ClNO4. The number of rotatable bonds is 4. The number of fused-ring (bicyclic) bond motifs is 1. The van der Waals surface area contributed by atoms with E-state index in [9.17, 15) is 9.90 Å². The van der Waals surface area contributed by atoms with E-state index in [4.69, 9.17) is 21.1 Å². The number of ether oxygens (including phenoxy) is 2. The van der Waals surface area contributed by atoms with Gasteiger partial charge in [0.2, 0.25) is 5.88 Å². The van der Waals surface area contributed by atoms with Crippen LogP contribution < -0.4 is 4.74 Å². The number of hydrogen-bond acceptors (Lipinski definition) is 5. The number of pyridine rings is 1. The third-order valence-electron chi connectivity index (χ3n) is 5.67. The molecule has 4 rings (SSSR count). The lowest BCUT2D eigenvalue weighted by Crippen LogP contribution is -2.49. The van der Waals surface area contributed by atoms with Crippen LogP contribution in [0.3, 0.4) is 0 Å². The summed E-state index contributed by atoms with van der Waals surface area (Å²) in [6.45, 7) is 8.98. The molecule has 0 radical (unpaired) electrons. The first kappa shape index (κ1) is 22.3. The number of ketones is 1. The van der Waals surface area contributed by atoms with Crippen molar-refractivity contribution in [1.29, 1.82) is 0 Å². The molecule has 6 heteroatoms. The van der Waals surface area contributed by atoms with Gasteiger partial charge in [-0.1, -0.05) is 24.6 Å². The summed E-state index contributed by atoms with van der Waals surface area (Å²) in [4.78, 5) is 17.7. The molecule has 166 valence electrons. The molecular weight excluding hydrogens is 426 g/mol. The van der Waals surface area contributed by atoms with Crippen molar-refractivity contribution in [3.8, 4) is 11.6 Å². The highest BCUT2D eigenvalue weighted by Gasteiger charge is 2.47. The lowest BCUT2D eigenvalue weighted by atomic mass is 9.81. The number of aromatic nitrogens is 1. The molecule has 0 saturated carbocycles. The molecule has 32 heavy (non-hydrogen) atoms. The van der Waals surface area contributed by atoms with Gasteiger partial charge in [-0.25, -0.2) is 4.98 Å². The fourth-order valence-electron chi connectivity index (χ4n) is 4.12. The Morgan fingerprint density at radius 2 is 1.78 bits per heavy atom. The van der Waals surface area contributed by atoms with Crippen LogP contribution >= 0.6 is 11.6 Å². The van der Waals surface area contributed by atoms with Crippen LogP contribution in [0, 0.1) is 0 Å². The van der Waals surface area contributed by atoms with Crippen LogP contribution in [0.25, 0.3) is 16.5 Å². The highest BCUT2D eigenvalue weighted by Crippen LogP contribution is 2.41. The molecule has 0 atom stereocenters. The van der Waals surface area contributed by atoms with Crippen molar-refractivity contribution in [2.24, 2.45) is 0 Å². The van der Waals surface area contributed by atoms with Crippen molar-refractivity contribution >= 4 is 33.9 Å². The van der Waals surface area contributed by atoms with Crippen molar-refractivity contribution in [2.45, 2.75) is 52.2 Å². The van der Waals surface area contributed by atoms with E-state index in [0.717, 1.165) is 16.5 Å². The number of benzene rings is 2. The first-order valence-corrected chi connectivity index (χ1v) is 11.0. The zero-order chi connectivity index (χ0) is 23.3. The largest absolute Gasteiger partial charge is 0.508 e. The smallest absolute Gasteiger partial charge is 0.219 e. The van der Waals surface area contributed by atoms with Gasteiger partial charge in [-0.15, -0.1) is 0 Å². The maximum absolute atomic E-state index is 13.1. The summed E-state index contributed by atoms with van der Waals surface area (Å²) in [6.07, 6.45) is 0.655. The number of carbonyl (C=O) groups is 1. The van der Waals surface area contributed by atoms with Crippen LogP contribution in [-0.2, 0) is 16.0 Å². The molecule has 5 nitrogen and oxygen atoms in total. The second-order valence-corrected chi connectivity index (χ2v) is 9.37. The maximum atomic E-state index is 13.1. The van der Waals surface area contributed by atoms with Crippen LogP contribution in [0.15, 0.2) is 54.3 Å². The van der Waals surface area contributed by atoms with Gasteiger partial charge in [0.05, 0.1) is 11.1 Å². The average Bonchev–Trinajstić information content (AvgIpc) is 2.73. The third kappa shape index (κ3) is 3.98. The van der Waals surface area contributed by atoms with Crippen molar-refractivity contribution in [3.05, 3.63) is 70.4 Å². The van der Waals surface area contributed by atoms with Gasteiger partial charge >= 0.3 is 0 Å². The Morgan fingerprint density at radius 1 is 1.03 bits per heavy atom. The van der Waals surface area contributed by atoms with Gasteiger partial charge in [-0.2, -0.15) is 0 Å². The number of aliphatic hydroxyl groups is 1. The maximum Gasteiger partial charge on any atom is 0.219 e. The molecule has 0 amide bonds. The summed E-state index contributed by atoms with van der Waals surface area (Å²) >= 11 is 6.04. The molecule has 0 saturated heterocycles. The van der Waals surface area contributed by atoms with Crippen LogP contribution in [0.5, 0.6) is 11.6 Å².